The molecule has 0 fully saturated rings. The molecule has 0 saturated heterocycles. The number of carbonyl (C=O) groups is 1. The van der Waals surface area contributed by atoms with Gasteiger partial charge in [-0.3, -0.25) is 9.89 Å². The number of aryl methyl sites for hydroxylation is 1. The van der Waals surface area contributed by atoms with Gasteiger partial charge in [0.25, 0.3) is 5.91 Å². The highest BCUT2D eigenvalue weighted by molar-refractivity contribution is 7.98. The van der Waals surface area contributed by atoms with Crippen molar-refractivity contribution in [2.75, 3.05) is 0 Å². The van der Waals surface area contributed by atoms with E-state index in [0.717, 1.165) is 15.7 Å². The third-order valence-corrected chi connectivity index (χ3v) is 4.99. The van der Waals surface area contributed by atoms with Crippen molar-refractivity contribution in [1.29, 1.82) is 0 Å². The van der Waals surface area contributed by atoms with Gasteiger partial charge in [-0.15, -0.1) is 0 Å². The SMILES string of the molecule is Cc1nn2cc(CNC(=O)c3ccc(CSc4ncn[nH]4)o3)nc2s1. The number of aromatic nitrogens is 6. The number of aromatic amines is 1. The summed E-state index contributed by atoms with van der Waals surface area (Å²) in [6.45, 7) is 2.24. The van der Waals surface area contributed by atoms with E-state index in [2.05, 4.69) is 30.6 Å². The maximum absolute atomic E-state index is 12.2. The molecule has 4 heterocycles. The predicted octanol–water partition coefficient (Wildman–Crippen LogP) is 2.03. The van der Waals surface area contributed by atoms with Crippen LogP contribution in [0.2, 0.25) is 0 Å². The van der Waals surface area contributed by atoms with E-state index >= 15 is 0 Å². The summed E-state index contributed by atoms with van der Waals surface area (Å²) < 4.78 is 7.28. The fourth-order valence-electron chi connectivity index (χ4n) is 2.17. The molecule has 0 spiro atoms. The fourth-order valence-corrected chi connectivity index (χ4v) is 3.58. The number of hydrogen-bond donors (Lipinski definition) is 2. The van der Waals surface area contributed by atoms with Crippen molar-refractivity contribution in [1.82, 2.24) is 35.1 Å². The molecule has 128 valence electrons. The van der Waals surface area contributed by atoms with E-state index in [-0.39, 0.29) is 11.7 Å². The van der Waals surface area contributed by atoms with Gasteiger partial charge in [0, 0.05) is 0 Å². The van der Waals surface area contributed by atoms with Gasteiger partial charge in [-0.25, -0.2) is 14.5 Å². The molecule has 11 heteroatoms. The van der Waals surface area contributed by atoms with Gasteiger partial charge in [0.2, 0.25) is 4.96 Å². The van der Waals surface area contributed by atoms with Crippen LogP contribution in [0.5, 0.6) is 0 Å². The average molecular weight is 375 g/mol. The van der Waals surface area contributed by atoms with Gasteiger partial charge in [0.05, 0.1) is 24.2 Å². The highest BCUT2D eigenvalue weighted by Gasteiger charge is 2.13. The molecule has 25 heavy (non-hydrogen) atoms. The Morgan fingerprint density at radius 3 is 3.20 bits per heavy atom. The summed E-state index contributed by atoms with van der Waals surface area (Å²) in [5.41, 5.74) is 0.750. The maximum atomic E-state index is 12.2. The fraction of sp³-hybridized carbons (Fsp3) is 0.214. The van der Waals surface area contributed by atoms with Gasteiger partial charge in [-0.2, -0.15) is 10.2 Å². The second-order valence-electron chi connectivity index (χ2n) is 5.11. The summed E-state index contributed by atoms with van der Waals surface area (Å²) >= 11 is 2.95. The molecule has 1 amide bonds. The van der Waals surface area contributed by atoms with E-state index in [1.165, 1.54) is 29.4 Å². The number of thioether (sulfide) groups is 1. The standard InChI is InChI=1S/C14H13N7O2S2/c1-8-20-21-5-9(18-14(21)25-8)4-15-12(22)11-3-2-10(23-11)6-24-13-16-7-17-19-13/h2-3,5,7H,4,6H2,1H3,(H,15,22)(H,16,17,19). The summed E-state index contributed by atoms with van der Waals surface area (Å²) in [6, 6.07) is 3.43. The van der Waals surface area contributed by atoms with Gasteiger partial charge in [0.15, 0.2) is 10.9 Å². The van der Waals surface area contributed by atoms with Gasteiger partial charge in [0.1, 0.15) is 17.1 Å². The Kier molecular flexibility index (Phi) is 4.24. The molecule has 0 aliphatic heterocycles. The van der Waals surface area contributed by atoms with Crippen molar-refractivity contribution < 1.29 is 9.21 Å². The number of H-pyrrole nitrogens is 1. The summed E-state index contributed by atoms with van der Waals surface area (Å²) in [5.74, 6) is 1.23. The molecule has 0 aromatic carbocycles. The Bertz CT molecular complexity index is 970. The van der Waals surface area contributed by atoms with Crippen LogP contribution >= 0.6 is 23.1 Å². The number of furan rings is 1. The zero-order valence-corrected chi connectivity index (χ0v) is 14.7. The van der Waals surface area contributed by atoms with Crippen molar-refractivity contribution in [3.05, 3.63) is 46.9 Å². The molecular formula is C14H13N7O2S2. The predicted molar refractivity (Wildman–Crippen MR) is 91.4 cm³/mol. The van der Waals surface area contributed by atoms with Crippen LogP contribution in [0.25, 0.3) is 4.96 Å². The zero-order valence-electron chi connectivity index (χ0n) is 13.1. The van der Waals surface area contributed by atoms with Gasteiger partial charge >= 0.3 is 0 Å². The first kappa shape index (κ1) is 15.8. The van der Waals surface area contributed by atoms with Crippen LogP contribution in [-0.4, -0.2) is 35.7 Å². The van der Waals surface area contributed by atoms with E-state index < -0.39 is 0 Å². The van der Waals surface area contributed by atoms with E-state index in [4.69, 9.17) is 4.42 Å². The molecule has 0 atom stereocenters. The normalized spacial score (nSPS) is 11.2. The number of rotatable bonds is 6. The zero-order chi connectivity index (χ0) is 17.2. The number of fused-ring (bicyclic) bond motifs is 1. The van der Waals surface area contributed by atoms with Gasteiger partial charge < -0.3 is 9.73 Å². The molecule has 0 aliphatic rings. The Hall–Kier alpha value is -2.66. The molecule has 4 aromatic rings. The highest BCUT2D eigenvalue weighted by atomic mass is 32.2. The first-order chi connectivity index (χ1) is 12.2. The third kappa shape index (κ3) is 3.56. The van der Waals surface area contributed by atoms with Gasteiger partial charge in [-0.1, -0.05) is 23.1 Å². The molecule has 0 saturated carbocycles. The molecule has 9 nitrogen and oxygen atoms in total. The van der Waals surface area contributed by atoms with Crippen molar-refractivity contribution in [3.8, 4) is 0 Å². The first-order valence-electron chi connectivity index (χ1n) is 7.34. The average Bonchev–Trinajstić information content (AvgIpc) is 3.34. The highest BCUT2D eigenvalue weighted by Crippen LogP contribution is 2.20. The van der Waals surface area contributed by atoms with Gasteiger partial charge in [-0.05, 0) is 19.1 Å². The summed E-state index contributed by atoms with van der Waals surface area (Å²) in [5, 5.41) is 15.3. The molecule has 0 aliphatic carbocycles. The smallest absolute Gasteiger partial charge is 0.287 e. The molecule has 0 radical (unpaired) electrons. The van der Waals surface area contributed by atoms with Crippen LogP contribution in [0.15, 0.2) is 34.2 Å². The second-order valence-corrected chi connectivity index (χ2v) is 7.23. The van der Waals surface area contributed by atoms with Crippen molar-refractivity contribution >= 4 is 34.0 Å². The molecular weight excluding hydrogens is 362 g/mol. The quantitative estimate of drug-likeness (QED) is 0.496. The molecule has 2 N–H and O–H groups in total. The lowest BCUT2D eigenvalue weighted by atomic mass is 10.4. The number of imidazole rings is 1. The summed E-state index contributed by atoms with van der Waals surface area (Å²) in [7, 11) is 0. The lowest BCUT2D eigenvalue weighted by Gasteiger charge is -2.00. The summed E-state index contributed by atoms with van der Waals surface area (Å²) in [4.78, 5) is 21.4. The topological polar surface area (TPSA) is 114 Å². The molecule has 4 aromatic heterocycles. The Morgan fingerprint density at radius 1 is 1.48 bits per heavy atom. The number of nitrogens with zero attached hydrogens (tertiary/aromatic N) is 5. The lowest BCUT2D eigenvalue weighted by molar-refractivity contribution is 0.0921. The van der Waals surface area contributed by atoms with Crippen LogP contribution in [0.1, 0.15) is 27.0 Å². The van der Waals surface area contributed by atoms with E-state index in [1.807, 2.05) is 6.92 Å². The van der Waals surface area contributed by atoms with Crippen molar-refractivity contribution in [3.63, 3.8) is 0 Å². The molecule has 0 unspecified atom stereocenters. The van der Waals surface area contributed by atoms with Crippen LogP contribution in [0.4, 0.5) is 0 Å². The van der Waals surface area contributed by atoms with E-state index in [9.17, 15) is 4.79 Å². The monoisotopic (exact) mass is 375 g/mol. The Labute approximate surface area is 149 Å². The minimum Gasteiger partial charge on any atom is -0.455 e. The Balaban J connectivity index is 1.33. The Morgan fingerprint density at radius 2 is 2.40 bits per heavy atom. The number of carbonyl (C=O) groups excluding carboxylic acids is 1. The molecule has 0 bridgehead atoms. The van der Waals surface area contributed by atoms with Crippen molar-refractivity contribution in [2.45, 2.75) is 24.4 Å². The van der Waals surface area contributed by atoms with Crippen LogP contribution in [0.3, 0.4) is 0 Å². The lowest BCUT2D eigenvalue weighted by Crippen LogP contribution is -2.22. The largest absolute Gasteiger partial charge is 0.455 e. The number of hydrogen-bond acceptors (Lipinski definition) is 8. The minimum atomic E-state index is -0.281. The first-order valence-corrected chi connectivity index (χ1v) is 9.14. The van der Waals surface area contributed by atoms with Crippen LogP contribution in [-0.2, 0) is 12.3 Å². The minimum absolute atomic E-state index is 0.267. The van der Waals surface area contributed by atoms with Crippen LogP contribution < -0.4 is 5.32 Å². The van der Waals surface area contributed by atoms with Crippen molar-refractivity contribution in [2.24, 2.45) is 0 Å². The molecule has 4 rings (SSSR count). The van der Waals surface area contributed by atoms with Crippen LogP contribution in [0, 0.1) is 6.92 Å². The number of nitrogens with one attached hydrogen (secondary N) is 2. The third-order valence-electron chi connectivity index (χ3n) is 3.25. The number of amides is 1. The maximum Gasteiger partial charge on any atom is 0.287 e. The summed E-state index contributed by atoms with van der Waals surface area (Å²) in [6.07, 6.45) is 3.25. The van der Waals surface area contributed by atoms with E-state index in [0.29, 0.717) is 23.2 Å². The van der Waals surface area contributed by atoms with E-state index in [1.54, 1.807) is 22.8 Å². The second kappa shape index (κ2) is 6.69.